The van der Waals surface area contributed by atoms with Gasteiger partial charge in [-0.25, -0.2) is 0 Å². The van der Waals surface area contributed by atoms with Crippen molar-refractivity contribution in [2.45, 2.75) is 6.42 Å². The van der Waals surface area contributed by atoms with E-state index in [-0.39, 0.29) is 0 Å². The predicted molar refractivity (Wildman–Crippen MR) is 69.1 cm³/mol. The lowest BCUT2D eigenvalue weighted by Gasteiger charge is -2.10. The number of hydrogen-bond donors (Lipinski definition) is 1. The SMILES string of the molecule is Clc1ccccc1-c1cccc2c1NCC2. The number of hydrogen-bond acceptors (Lipinski definition) is 1. The minimum atomic E-state index is 0.810. The van der Waals surface area contributed by atoms with Gasteiger partial charge in [0.1, 0.15) is 0 Å². The van der Waals surface area contributed by atoms with E-state index in [4.69, 9.17) is 11.6 Å². The molecule has 1 aliphatic rings. The summed E-state index contributed by atoms with van der Waals surface area (Å²) in [6, 6.07) is 14.4. The van der Waals surface area contributed by atoms with Gasteiger partial charge in [0.05, 0.1) is 0 Å². The summed E-state index contributed by atoms with van der Waals surface area (Å²) in [6.45, 7) is 1.02. The zero-order valence-corrected chi connectivity index (χ0v) is 9.59. The highest BCUT2D eigenvalue weighted by atomic mass is 35.5. The first-order chi connectivity index (χ1) is 7.86. The van der Waals surface area contributed by atoms with Gasteiger partial charge in [0, 0.05) is 28.4 Å². The van der Waals surface area contributed by atoms with Gasteiger partial charge in [0.25, 0.3) is 0 Å². The van der Waals surface area contributed by atoms with Crippen LogP contribution in [0.1, 0.15) is 5.56 Å². The smallest absolute Gasteiger partial charge is 0.0485 e. The van der Waals surface area contributed by atoms with Gasteiger partial charge in [0.15, 0.2) is 0 Å². The van der Waals surface area contributed by atoms with E-state index in [1.807, 2.05) is 18.2 Å². The fourth-order valence-electron chi connectivity index (χ4n) is 2.24. The van der Waals surface area contributed by atoms with E-state index in [0.29, 0.717) is 0 Å². The molecule has 0 unspecified atom stereocenters. The molecule has 0 aromatic heterocycles. The van der Waals surface area contributed by atoms with Crippen molar-refractivity contribution >= 4 is 17.3 Å². The molecule has 0 radical (unpaired) electrons. The Labute approximate surface area is 100 Å². The lowest BCUT2D eigenvalue weighted by Crippen LogP contribution is -1.93. The molecule has 0 spiro atoms. The van der Waals surface area contributed by atoms with Crippen LogP contribution in [0.25, 0.3) is 11.1 Å². The molecular weight excluding hydrogens is 218 g/mol. The highest BCUT2D eigenvalue weighted by Crippen LogP contribution is 2.37. The molecule has 2 aromatic rings. The lowest BCUT2D eigenvalue weighted by molar-refractivity contribution is 1.11. The van der Waals surface area contributed by atoms with Crippen molar-refractivity contribution in [3.05, 3.63) is 53.1 Å². The number of rotatable bonds is 1. The zero-order chi connectivity index (χ0) is 11.0. The highest BCUT2D eigenvalue weighted by molar-refractivity contribution is 6.33. The van der Waals surface area contributed by atoms with Crippen molar-refractivity contribution in [2.24, 2.45) is 0 Å². The number of halogens is 1. The monoisotopic (exact) mass is 229 g/mol. The molecule has 0 saturated heterocycles. The van der Waals surface area contributed by atoms with Crippen LogP contribution in [0.5, 0.6) is 0 Å². The van der Waals surface area contributed by atoms with Crippen LogP contribution in [-0.2, 0) is 6.42 Å². The van der Waals surface area contributed by atoms with Gasteiger partial charge in [-0.15, -0.1) is 0 Å². The normalized spacial score (nSPS) is 13.3. The molecular formula is C14H12ClN. The topological polar surface area (TPSA) is 12.0 Å². The Bertz CT molecular complexity index is 534. The number of anilines is 1. The molecule has 3 rings (SSSR count). The third-order valence-corrected chi connectivity index (χ3v) is 3.34. The van der Waals surface area contributed by atoms with Crippen molar-refractivity contribution in [3.8, 4) is 11.1 Å². The molecule has 0 amide bonds. The second-order valence-electron chi connectivity index (χ2n) is 4.00. The van der Waals surface area contributed by atoms with E-state index in [1.54, 1.807) is 0 Å². The van der Waals surface area contributed by atoms with E-state index < -0.39 is 0 Å². The number of para-hydroxylation sites is 1. The van der Waals surface area contributed by atoms with Crippen LogP contribution in [0.15, 0.2) is 42.5 Å². The zero-order valence-electron chi connectivity index (χ0n) is 8.83. The number of fused-ring (bicyclic) bond motifs is 1. The van der Waals surface area contributed by atoms with E-state index >= 15 is 0 Å². The van der Waals surface area contributed by atoms with Crippen molar-refractivity contribution in [3.63, 3.8) is 0 Å². The molecule has 16 heavy (non-hydrogen) atoms. The fourth-order valence-corrected chi connectivity index (χ4v) is 2.48. The van der Waals surface area contributed by atoms with Gasteiger partial charge < -0.3 is 5.32 Å². The Kier molecular flexibility index (Phi) is 2.33. The van der Waals surface area contributed by atoms with Crippen molar-refractivity contribution in [1.29, 1.82) is 0 Å². The van der Waals surface area contributed by atoms with E-state index in [0.717, 1.165) is 23.6 Å². The van der Waals surface area contributed by atoms with Gasteiger partial charge in [0.2, 0.25) is 0 Å². The molecule has 1 nitrogen and oxygen atoms in total. The van der Waals surface area contributed by atoms with E-state index in [2.05, 4.69) is 29.6 Å². The van der Waals surface area contributed by atoms with E-state index in [9.17, 15) is 0 Å². The van der Waals surface area contributed by atoms with Gasteiger partial charge in [-0.1, -0.05) is 48.0 Å². The summed E-state index contributed by atoms with van der Waals surface area (Å²) in [4.78, 5) is 0. The van der Waals surface area contributed by atoms with Crippen molar-refractivity contribution in [1.82, 2.24) is 0 Å². The summed E-state index contributed by atoms with van der Waals surface area (Å²) in [6.07, 6.45) is 1.10. The van der Waals surface area contributed by atoms with Gasteiger partial charge in [-0.2, -0.15) is 0 Å². The van der Waals surface area contributed by atoms with Gasteiger partial charge in [-0.05, 0) is 18.1 Å². The first kappa shape index (κ1) is 9.73. The van der Waals surface area contributed by atoms with Crippen LogP contribution in [-0.4, -0.2) is 6.54 Å². The van der Waals surface area contributed by atoms with Crippen LogP contribution in [0, 0.1) is 0 Å². The Morgan fingerprint density at radius 1 is 0.938 bits per heavy atom. The molecule has 80 valence electrons. The molecule has 1 aliphatic heterocycles. The molecule has 1 heterocycles. The summed E-state index contributed by atoms with van der Waals surface area (Å²) in [5.41, 5.74) is 4.95. The minimum Gasteiger partial charge on any atom is -0.384 e. The maximum atomic E-state index is 6.23. The summed E-state index contributed by atoms with van der Waals surface area (Å²) in [5, 5.41) is 4.25. The van der Waals surface area contributed by atoms with Crippen LogP contribution >= 0.6 is 11.6 Å². The third kappa shape index (κ3) is 1.48. The van der Waals surface area contributed by atoms with Crippen LogP contribution in [0.3, 0.4) is 0 Å². The number of nitrogens with one attached hydrogen (secondary N) is 1. The average molecular weight is 230 g/mol. The lowest BCUT2D eigenvalue weighted by atomic mass is 10.0. The third-order valence-electron chi connectivity index (χ3n) is 3.01. The second kappa shape index (κ2) is 3.84. The molecule has 0 atom stereocenters. The molecule has 1 N–H and O–H groups in total. The Morgan fingerprint density at radius 3 is 2.62 bits per heavy atom. The summed E-state index contributed by atoms with van der Waals surface area (Å²) in [7, 11) is 0. The Morgan fingerprint density at radius 2 is 1.75 bits per heavy atom. The first-order valence-corrected chi connectivity index (χ1v) is 5.85. The van der Waals surface area contributed by atoms with Crippen LogP contribution < -0.4 is 5.32 Å². The number of benzene rings is 2. The molecule has 0 fully saturated rings. The average Bonchev–Trinajstić information content (AvgIpc) is 2.77. The second-order valence-corrected chi connectivity index (χ2v) is 4.40. The Hall–Kier alpha value is -1.47. The molecule has 0 saturated carbocycles. The molecule has 0 bridgehead atoms. The molecule has 0 aliphatic carbocycles. The predicted octanol–water partition coefficient (Wildman–Crippen LogP) is 3.98. The standard InChI is InChI=1S/C14H12ClN/c15-13-7-2-1-5-11(13)12-6-3-4-10-8-9-16-14(10)12/h1-7,16H,8-9H2. The van der Waals surface area contributed by atoms with Crippen molar-refractivity contribution < 1.29 is 0 Å². The maximum Gasteiger partial charge on any atom is 0.0485 e. The summed E-state index contributed by atoms with van der Waals surface area (Å²) >= 11 is 6.23. The first-order valence-electron chi connectivity index (χ1n) is 5.47. The molecule has 2 aromatic carbocycles. The summed E-state index contributed by atoms with van der Waals surface area (Å²) < 4.78 is 0. The minimum absolute atomic E-state index is 0.810. The van der Waals surface area contributed by atoms with Crippen LogP contribution in [0.2, 0.25) is 5.02 Å². The summed E-state index contributed by atoms with van der Waals surface area (Å²) in [5.74, 6) is 0. The van der Waals surface area contributed by atoms with Crippen molar-refractivity contribution in [2.75, 3.05) is 11.9 Å². The highest BCUT2D eigenvalue weighted by Gasteiger charge is 2.15. The quantitative estimate of drug-likeness (QED) is 0.780. The Balaban J connectivity index is 2.21. The van der Waals surface area contributed by atoms with Gasteiger partial charge in [-0.3, -0.25) is 0 Å². The van der Waals surface area contributed by atoms with Gasteiger partial charge >= 0.3 is 0 Å². The largest absolute Gasteiger partial charge is 0.384 e. The molecule has 2 heteroatoms. The van der Waals surface area contributed by atoms with Crippen LogP contribution in [0.4, 0.5) is 5.69 Å². The fraction of sp³-hybridized carbons (Fsp3) is 0.143. The maximum absolute atomic E-state index is 6.23. The van der Waals surface area contributed by atoms with E-state index in [1.165, 1.54) is 16.8 Å².